The van der Waals surface area contributed by atoms with Crippen LogP contribution in [-0.2, 0) is 4.74 Å². The van der Waals surface area contributed by atoms with Gasteiger partial charge in [0.15, 0.2) is 11.5 Å². The highest BCUT2D eigenvalue weighted by atomic mass is 16.5. The van der Waals surface area contributed by atoms with Gasteiger partial charge in [-0.05, 0) is 18.2 Å². The summed E-state index contributed by atoms with van der Waals surface area (Å²) in [6.07, 6.45) is 3.23. The van der Waals surface area contributed by atoms with Crippen molar-refractivity contribution >= 4 is 17.3 Å². The van der Waals surface area contributed by atoms with Crippen LogP contribution in [0.3, 0.4) is 0 Å². The number of methoxy groups -OCH3 is 2. The maximum atomic E-state index is 12.4. The average Bonchev–Trinajstić information content (AvgIpc) is 2.74. The lowest BCUT2D eigenvalue weighted by Gasteiger charge is -2.26. The van der Waals surface area contributed by atoms with Gasteiger partial charge >= 0.3 is 0 Å². The number of nitrogens with zero attached hydrogens (tertiary/aromatic N) is 2. The van der Waals surface area contributed by atoms with E-state index in [0.717, 1.165) is 38.5 Å². The first-order chi connectivity index (χ1) is 13.7. The first kappa shape index (κ1) is 19.9. The molecule has 3 rings (SSSR count). The van der Waals surface area contributed by atoms with Crippen molar-refractivity contribution in [2.75, 3.05) is 58.9 Å². The van der Waals surface area contributed by atoms with Crippen molar-refractivity contribution in [1.82, 2.24) is 15.2 Å². The predicted octanol–water partition coefficient (Wildman–Crippen LogP) is 1.90. The summed E-state index contributed by atoms with van der Waals surface area (Å²) >= 11 is 0. The number of benzene rings is 1. The Kier molecular flexibility index (Phi) is 7.05. The molecule has 0 atom stereocenters. The normalized spacial score (nSPS) is 14.4. The number of rotatable bonds is 8. The molecule has 1 aliphatic rings. The van der Waals surface area contributed by atoms with Crippen molar-refractivity contribution in [2.24, 2.45) is 0 Å². The highest BCUT2D eigenvalue weighted by Crippen LogP contribution is 2.31. The second-order valence-corrected chi connectivity index (χ2v) is 6.37. The zero-order valence-electron chi connectivity index (χ0n) is 16.2. The molecule has 150 valence electrons. The molecule has 8 nitrogen and oxygen atoms in total. The Hall–Kier alpha value is -2.84. The molecule has 2 N–H and O–H groups in total. The van der Waals surface area contributed by atoms with Gasteiger partial charge in [-0.25, -0.2) is 0 Å². The lowest BCUT2D eigenvalue weighted by Crippen LogP contribution is -2.41. The Balaban J connectivity index is 1.57. The standard InChI is InChI=1S/C20H26N4O4/c1-26-18-4-3-16(12-19(18)27-2)23-17-11-15(13-21-14-17)20(25)22-5-6-24-7-9-28-10-8-24/h3-4,11-14,23H,5-10H2,1-2H3,(H,22,25). The maximum Gasteiger partial charge on any atom is 0.252 e. The molecular weight excluding hydrogens is 360 g/mol. The Bertz CT molecular complexity index is 794. The molecule has 8 heteroatoms. The van der Waals surface area contributed by atoms with Crippen LogP contribution in [0.4, 0.5) is 11.4 Å². The number of amides is 1. The summed E-state index contributed by atoms with van der Waals surface area (Å²) in [6, 6.07) is 7.29. The largest absolute Gasteiger partial charge is 0.493 e. The van der Waals surface area contributed by atoms with Crippen molar-refractivity contribution in [3.63, 3.8) is 0 Å². The first-order valence-electron chi connectivity index (χ1n) is 9.22. The third-order valence-electron chi connectivity index (χ3n) is 4.49. The Morgan fingerprint density at radius 2 is 1.89 bits per heavy atom. The van der Waals surface area contributed by atoms with Crippen molar-refractivity contribution < 1.29 is 19.0 Å². The van der Waals surface area contributed by atoms with Crippen LogP contribution in [0.25, 0.3) is 0 Å². The number of hydrogen-bond acceptors (Lipinski definition) is 7. The fraction of sp³-hybridized carbons (Fsp3) is 0.400. The van der Waals surface area contributed by atoms with E-state index in [1.165, 1.54) is 0 Å². The molecule has 2 aromatic rings. The predicted molar refractivity (Wildman–Crippen MR) is 107 cm³/mol. The number of morpholine rings is 1. The van der Waals surface area contributed by atoms with Gasteiger partial charge in [0.05, 0.1) is 44.9 Å². The molecule has 0 aliphatic carbocycles. The van der Waals surface area contributed by atoms with Gasteiger partial charge < -0.3 is 24.8 Å². The average molecular weight is 386 g/mol. The summed E-state index contributed by atoms with van der Waals surface area (Å²) in [7, 11) is 3.18. The molecule has 1 saturated heterocycles. The van der Waals surface area contributed by atoms with Gasteiger partial charge in [0.2, 0.25) is 0 Å². The van der Waals surface area contributed by atoms with Crippen LogP contribution in [0, 0.1) is 0 Å². The van der Waals surface area contributed by atoms with E-state index in [1.807, 2.05) is 18.2 Å². The van der Waals surface area contributed by atoms with E-state index in [-0.39, 0.29) is 5.91 Å². The Morgan fingerprint density at radius 1 is 1.11 bits per heavy atom. The number of hydrogen-bond donors (Lipinski definition) is 2. The van der Waals surface area contributed by atoms with Crippen molar-refractivity contribution in [3.05, 3.63) is 42.2 Å². The summed E-state index contributed by atoms with van der Waals surface area (Å²) in [5.41, 5.74) is 2.03. The van der Waals surface area contributed by atoms with E-state index in [4.69, 9.17) is 14.2 Å². The molecule has 0 saturated carbocycles. The van der Waals surface area contributed by atoms with E-state index >= 15 is 0 Å². The van der Waals surface area contributed by atoms with Crippen molar-refractivity contribution in [3.8, 4) is 11.5 Å². The van der Waals surface area contributed by atoms with Crippen LogP contribution in [-0.4, -0.2) is 69.4 Å². The minimum Gasteiger partial charge on any atom is -0.493 e. The molecule has 1 aromatic heterocycles. The topological polar surface area (TPSA) is 85.0 Å². The number of ether oxygens (including phenoxy) is 3. The van der Waals surface area contributed by atoms with Crippen LogP contribution in [0.1, 0.15) is 10.4 Å². The number of nitrogens with one attached hydrogen (secondary N) is 2. The number of pyridine rings is 1. The molecule has 1 aromatic carbocycles. The Labute approximate surface area is 164 Å². The molecule has 0 bridgehead atoms. The Morgan fingerprint density at radius 3 is 2.64 bits per heavy atom. The molecule has 1 fully saturated rings. The van der Waals surface area contributed by atoms with Gasteiger partial charge in [0, 0.05) is 44.1 Å². The van der Waals surface area contributed by atoms with E-state index in [0.29, 0.717) is 29.3 Å². The number of aromatic nitrogens is 1. The summed E-state index contributed by atoms with van der Waals surface area (Å²) < 4.78 is 15.9. The van der Waals surface area contributed by atoms with Crippen molar-refractivity contribution in [1.29, 1.82) is 0 Å². The van der Waals surface area contributed by atoms with E-state index in [9.17, 15) is 4.79 Å². The zero-order chi connectivity index (χ0) is 19.8. The smallest absolute Gasteiger partial charge is 0.252 e. The number of carbonyl (C=O) groups is 1. The van der Waals surface area contributed by atoms with Crippen LogP contribution in [0.15, 0.2) is 36.7 Å². The summed E-state index contributed by atoms with van der Waals surface area (Å²) in [5, 5.41) is 6.18. The molecule has 2 heterocycles. The van der Waals surface area contributed by atoms with Gasteiger partial charge in [-0.3, -0.25) is 14.7 Å². The molecule has 28 heavy (non-hydrogen) atoms. The van der Waals surface area contributed by atoms with Gasteiger partial charge in [0.25, 0.3) is 5.91 Å². The minimum atomic E-state index is -0.142. The van der Waals surface area contributed by atoms with Crippen LogP contribution < -0.4 is 20.1 Å². The fourth-order valence-electron chi connectivity index (χ4n) is 2.97. The van der Waals surface area contributed by atoms with E-state index < -0.39 is 0 Å². The molecule has 0 radical (unpaired) electrons. The molecule has 0 spiro atoms. The lowest BCUT2D eigenvalue weighted by atomic mass is 10.2. The highest BCUT2D eigenvalue weighted by Gasteiger charge is 2.12. The third-order valence-corrected chi connectivity index (χ3v) is 4.49. The zero-order valence-corrected chi connectivity index (χ0v) is 16.2. The van der Waals surface area contributed by atoms with Gasteiger partial charge in [-0.1, -0.05) is 0 Å². The highest BCUT2D eigenvalue weighted by molar-refractivity contribution is 5.94. The van der Waals surface area contributed by atoms with Gasteiger partial charge in [-0.15, -0.1) is 0 Å². The van der Waals surface area contributed by atoms with Gasteiger partial charge in [-0.2, -0.15) is 0 Å². The summed E-state index contributed by atoms with van der Waals surface area (Å²) in [4.78, 5) is 18.9. The number of anilines is 2. The second kappa shape index (κ2) is 9.91. The van der Waals surface area contributed by atoms with E-state index in [1.54, 1.807) is 32.7 Å². The van der Waals surface area contributed by atoms with Crippen molar-refractivity contribution in [2.45, 2.75) is 0 Å². The molecule has 1 amide bonds. The maximum absolute atomic E-state index is 12.4. The summed E-state index contributed by atoms with van der Waals surface area (Å²) in [5.74, 6) is 1.13. The minimum absolute atomic E-state index is 0.142. The summed E-state index contributed by atoms with van der Waals surface area (Å²) in [6.45, 7) is 4.71. The number of carbonyl (C=O) groups excluding carboxylic acids is 1. The first-order valence-corrected chi connectivity index (χ1v) is 9.22. The van der Waals surface area contributed by atoms with E-state index in [2.05, 4.69) is 20.5 Å². The molecule has 0 unspecified atom stereocenters. The molecular formula is C20H26N4O4. The SMILES string of the molecule is COc1ccc(Nc2cncc(C(=O)NCCN3CCOCC3)c2)cc1OC. The monoisotopic (exact) mass is 386 g/mol. The van der Waals surface area contributed by atoms with Crippen LogP contribution in [0.5, 0.6) is 11.5 Å². The van der Waals surface area contributed by atoms with Crippen LogP contribution in [0.2, 0.25) is 0 Å². The second-order valence-electron chi connectivity index (χ2n) is 6.37. The fourth-order valence-corrected chi connectivity index (χ4v) is 2.97. The lowest BCUT2D eigenvalue weighted by molar-refractivity contribution is 0.0383. The third kappa shape index (κ3) is 5.34. The van der Waals surface area contributed by atoms with Gasteiger partial charge in [0.1, 0.15) is 0 Å². The quantitative estimate of drug-likeness (QED) is 0.717. The molecule has 1 aliphatic heterocycles. The van der Waals surface area contributed by atoms with Crippen LogP contribution >= 0.6 is 0 Å².